The number of ether oxygens (including phenoxy) is 1. The summed E-state index contributed by atoms with van der Waals surface area (Å²) in [4.78, 5) is 44.0. The monoisotopic (exact) mass is 551 g/mol. The predicted octanol–water partition coefficient (Wildman–Crippen LogP) is 5.31. The summed E-state index contributed by atoms with van der Waals surface area (Å²) in [6, 6.07) is 12.9. The molecule has 0 radical (unpaired) electrons. The van der Waals surface area contributed by atoms with Crippen LogP contribution in [-0.2, 0) is 20.7 Å². The van der Waals surface area contributed by atoms with Crippen LogP contribution in [0.5, 0.6) is 0 Å². The molecule has 2 amide bonds. The number of rotatable bonds is 8. The van der Waals surface area contributed by atoms with Crippen molar-refractivity contribution in [3.05, 3.63) is 74.9 Å². The molecule has 0 saturated carbocycles. The number of hydrogen-bond acceptors (Lipinski definition) is 5. The zero-order valence-corrected chi connectivity index (χ0v) is 22.3. The third kappa shape index (κ3) is 5.69. The van der Waals surface area contributed by atoms with Gasteiger partial charge in [-0.1, -0.05) is 47.5 Å². The number of aromatic nitrogens is 1. The first-order valence-corrected chi connectivity index (χ1v) is 13.5. The van der Waals surface area contributed by atoms with Crippen LogP contribution in [0.1, 0.15) is 52.9 Å². The summed E-state index contributed by atoms with van der Waals surface area (Å²) in [6.07, 6.45) is 5.49. The number of likely N-dealkylation sites (tertiary alicyclic amines) is 1. The van der Waals surface area contributed by atoms with Crippen LogP contribution >= 0.6 is 23.2 Å². The quantitative estimate of drug-likeness (QED) is 0.302. The molecular formula is C29H27Cl2N3O4. The highest BCUT2D eigenvalue weighted by Gasteiger charge is 2.28. The standard InChI is InChI=1S/C29H27Cl2N3O4/c30-22-11-8-18(16-23(22)31)15-19-9-10-21-27(20-5-1-2-6-24(20)33-28(19)21)29(37)38-17-25(35)32-12-4-14-34-13-3-7-26(34)36/h1-2,5-6,8,11,15-16H,3-4,7,9-10,12-14,17H2,(H,32,35). The molecule has 1 N–H and O–H groups in total. The summed E-state index contributed by atoms with van der Waals surface area (Å²) < 4.78 is 5.46. The number of nitrogens with zero attached hydrogens (tertiary/aromatic N) is 2. The fraction of sp³-hybridized carbons (Fsp3) is 0.310. The van der Waals surface area contributed by atoms with Gasteiger partial charge in [0.2, 0.25) is 5.91 Å². The Morgan fingerprint density at radius 1 is 1.08 bits per heavy atom. The number of hydrogen-bond donors (Lipinski definition) is 1. The Labute approximate surface area is 230 Å². The molecule has 1 aliphatic carbocycles. The number of amides is 2. The average molecular weight is 552 g/mol. The normalized spacial score (nSPS) is 15.8. The molecule has 2 aliphatic rings. The second kappa shape index (κ2) is 11.5. The van der Waals surface area contributed by atoms with Gasteiger partial charge in [-0.2, -0.15) is 0 Å². The molecule has 0 unspecified atom stereocenters. The van der Waals surface area contributed by atoms with Crippen molar-refractivity contribution in [1.29, 1.82) is 0 Å². The average Bonchev–Trinajstić information content (AvgIpc) is 3.51. The highest BCUT2D eigenvalue weighted by atomic mass is 35.5. The van der Waals surface area contributed by atoms with Gasteiger partial charge < -0.3 is 15.0 Å². The van der Waals surface area contributed by atoms with Crippen molar-refractivity contribution >= 4 is 63.5 Å². The Morgan fingerprint density at radius 2 is 1.92 bits per heavy atom. The van der Waals surface area contributed by atoms with Gasteiger partial charge in [-0.05, 0) is 66.7 Å². The predicted molar refractivity (Wildman–Crippen MR) is 148 cm³/mol. The lowest BCUT2D eigenvalue weighted by atomic mass is 10.0. The molecule has 2 aromatic carbocycles. The number of fused-ring (bicyclic) bond motifs is 2. The van der Waals surface area contributed by atoms with Gasteiger partial charge in [-0.25, -0.2) is 9.78 Å². The van der Waals surface area contributed by atoms with E-state index in [4.69, 9.17) is 32.9 Å². The van der Waals surface area contributed by atoms with Crippen molar-refractivity contribution < 1.29 is 19.1 Å². The molecule has 0 spiro atoms. The van der Waals surface area contributed by atoms with Gasteiger partial charge in [0.25, 0.3) is 5.91 Å². The molecule has 0 bridgehead atoms. The third-order valence-corrected chi connectivity index (χ3v) is 7.60. The Bertz CT molecular complexity index is 1450. The number of benzene rings is 2. The molecule has 196 valence electrons. The largest absolute Gasteiger partial charge is 0.452 e. The van der Waals surface area contributed by atoms with Crippen molar-refractivity contribution in [2.45, 2.75) is 32.1 Å². The fourth-order valence-electron chi connectivity index (χ4n) is 5.01. The number of carbonyl (C=O) groups is 3. The van der Waals surface area contributed by atoms with Crippen LogP contribution in [0.3, 0.4) is 0 Å². The zero-order chi connectivity index (χ0) is 26.6. The second-order valence-electron chi connectivity index (χ2n) is 9.44. The lowest BCUT2D eigenvalue weighted by Gasteiger charge is -2.15. The number of para-hydroxylation sites is 1. The first-order valence-electron chi connectivity index (χ1n) is 12.7. The maximum atomic E-state index is 13.3. The van der Waals surface area contributed by atoms with Crippen LogP contribution in [0.4, 0.5) is 0 Å². The Morgan fingerprint density at radius 3 is 2.71 bits per heavy atom. The van der Waals surface area contributed by atoms with E-state index in [1.807, 2.05) is 41.3 Å². The number of carbonyl (C=O) groups excluding carboxylic acids is 3. The number of halogens is 2. The highest BCUT2D eigenvalue weighted by Crippen LogP contribution is 2.38. The van der Waals surface area contributed by atoms with Crippen molar-refractivity contribution in [1.82, 2.24) is 15.2 Å². The number of esters is 1. The Hall–Kier alpha value is -3.42. The topological polar surface area (TPSA) is 88.6 Å². The van der Waals surface area contributed by atoms with Crippen LogP contribution in [-0.4, -0.2) is 53.9 Å². The van der Waals surface area contributed by atoms with Gasteiger partial charge >= 0.3 is 5.97 Å². The highest BCUT2D eigenvalue weighted by molar-refractivity contribution is 6.42. The lowest BCUT2D eigenvalue weighted by Crippen LogP contribution is -2.33. The molecule has 1 aromatic heterocycles. The van der Waals surface area contributed by atoms with E-state index in [0.717, 1.165) is 35.4 Å². The second-order valence-corrected chi connectivity index (χ2v) is 10.3. The number of allylic oxidation sites excluding steroid dienone is 1. The van der Waals surface area contributed by atoms with E-state index < -0.39 is 5.97 Å². The summed E-state index contributed by atoms with van der Waals surface area (Å²) >= 11 is 12.3. The van der Waals surface area contributed by atoms with Crippen LogP contribution in [0.2, 0.25) is 10.0 Å². The summed E-state index contributed by atoms with van der Waals surface area (Å²) in [5, 5.41) is 4.42. The third-order valence-electron chi connectivity index (χ3n) is 6.86. The van der Waals surface area contributed by atoms with Crippen molar-refractivity contribution in [3.8, 4) is 0 Å². The molecule has 2 heterocycles. The molecule has 1 fully saturated rings. The lowest BCUT2D eigenvalue weighted by molar-refractivity contribution is -0.127. The van der Waals surface area contributed by atoms with Crippen LogP contribution in [0.15, 0.2) is 42.5 Å². The van der Waals surface area contributed by atoms with E-state index in [1.54, 1.807) is 12.1 Å². The summed E-state index contributed by atoms with van der Waals surface area (Å²) in [5.74, 6) is -0.757. The van der Waals surface area contributed by atoms with Crippen LogP contribution in [0, 0.1) is 0 Å². The van der Waals surface area contributed by atoms with Gasteiger partial charge in [-0.15, -0.1) is 0 Å². The van der Waals surface area contributed by atoms with Crippen molar-refractivity contribution in [3.63, 3.8) is 0 Å². The van der Waals surface area contributed by atoms with Crippen LogP contribution < -0.4 is 5.32 Å². The van der Waals surface area contributed by atoms with E-state index in [1.165, 1.54) is 0 Å². The molecule has 3 aromatic rings. The minimum absolute atomic E-state index is 0.164. The van der Waals surface area contributed by atoms with Gasteiger partial charge in [0, 0.05) is 31.4 Å². The first kappa shape index (κ1) is 26.2. The molecule has 1 aliphatic heterocycles. The van der Waals surface area contributed by atoms with E-state index >= 15 is 0 Å². The SMILES string of the molecule is O=C(COC(=O)c1c2c(nc3ccccc13)C(=Cc1ccc(Cl)c(Cl)c1)CC2)NCCCN1CCCC1=O. The summed E-state index contributed by atoms with van der Waals surface area (Å²) in [5.41, 5.74) is 4.59. The molecule has 1 saturated heterocycles. The number of nitrogens with one attached hydrogen (secondary N) is 1. The molecular weight excluding hydrogens is 525 g/mol. The molecule has 7 nitrogen and oxygen atoms in total. The Balaban J connectivity index is 1.29. The van der Waals surface area contributed by atoms with E-state index in [2.05, 4.69) is 5.32 Å². The van der Waals surface area contributed by atoms with Crippen molar-refractivity contribution in [2.75, 3.05) is 26.2 Å². The van der Waals surface area contributed by atoms with Crippen molar-refractivity contribution in [2.24, 2.45) is 0 Å². The molecule has 9 heteroatoms. The first-order chi connectivity index (χ1) is 18.4. The molecule has 5 rings (SSSR count). The summed E-state index contributed by atoms with van der Waals surface area (Å²) in [6.45, 7) is 1.43. The van der Waals surface area contributed by atoms with Gasteiger partial charge in [-0.3, -0.25) is 9.59 Å². The molecule has 0 atom stereocenters. The maximum absolute atomic E-state index is 13.3. The minimum Gasteiger partial charge on any atom is -0.452 e. The fourth-order valence-corrected chi connectivity index (χ4v) is 5.31. The van der Waals surface area contributed by atoms with E-state index in [-0.39, 0.29) is 18.4 Å². The van der Waals surface area contributed by atoms with Gasteiger partial charge in [0.05, 0.1) is 26.8 Å². The minimum atomic E-state index is -0.548. The Kier molecular flexibility index (Phi) is 7.95. The zero-order valence-electron chi connectivity index (χ0n) is 20.8. The number of pyridine rings is 1. The smallest absolute Gasteiger partial charge is 0.339 e. The van der Waals surface area contributed by atoms with E-state index in [9.17, 15) is 14.4 Å². The summed E-state index contributed by atoms with van der Waals surface area (Å²) in [7, 11) is 0. The van der Waals surface area contributed by atoms with Gasteiger partial charge in [0.1, 0.15) is 0 Å². The van der Waals surface area contributed by atoms with E-state index in [0.29, 0.717) is 65.3 Å². The van der Waals surface area contributed by atoms with Gasteiger partial charge in [0.15, 0.2) is 6.61 Å². The van der Waals surface area contributed by atoms with Crippen LogP contribution in [0.25, 0.3) is 22.6 Å². The molecule has 38 heavy (non-hydrogen) atoms. The maximum Gasteiger partial charge on any atom is 0.339 e.